The second-order valence-electron chi connectivity index (χ2n) is 7.43. The van der Waals surface area contributed by atoms with Gasteiger partial charge in [-0.1, -0.05) is 29.8 Å². The number of pyridine rings is 2. The smallest absolute Gasteiger partial charge is 0.274 e. The van der Waals surface area contributed by atoms with Gasteiger partial charge in [0.2, 0.25) is 0 Å². The molecule has 0 saturated carbocycles. The molecule has 2 N–H and O–H groups in total. The van der Waals surface area contributed by atoms with Crippen molar-refractivity contribution in [2.24, 2.45) is 0 Å². The molecular weight excluding hydrogens is 400 g/mol. The third-order valence-corrected chi connectivity index (χ3v) is 5.14. The van der Waals surface area contributed by atoms with Crippen LogP contribution in [0.5, 0.6) is 11.5 Å². The first-order chi connectivity index (χ1) is 15.7. The van der Waals surface area contributed by atoms with Crippen LogP contribution in [-0.2, 0) is 0 Å². The van der Waals surface area contributed by atoms with E-state index in [0.29, 0.717) is 22.9 Å². The van der Waals surface area contributed by atoms with Crippen molar-refractivity contribution < 1.29 is 9.53 Å². The Morgan fingerprint density at radius 1 is 0.875 bits per heavy atom. The molecule has 3 aromatic heterocycles. The minimum Gasteiger partial charge on any atom is -0.457 e. The summed E-state index contributed by atoms with van der Waals surface area (Å²) >= 11 is 0. The molecule has 2 aromatic carbocycles. The predicted molar refractivity (Wildman–Crippen MR) is 125 cm³/mol. The Morgan fingerprint density at radius 3 is 2.47 bits per heavy atom. The van der Waals surface area contributed by atoms with E-state index in [2.05, 4.69) is 20.3 Å². The number of ether oxygens (including phenoxy) is 1. The van der Waals surface area contributed by atoms with Crippen molar-refractivity contribution in [3.05, 3.63) is 103 Å². The molecule has 6 heteroatoms. The Bertz CT molecular complexity index is 1390. The molecule has 0 aliphatic rings. The highest BCUT2D eigenvalue weighted by Gasteiger charge is 2.10. The summed E-state index contributed by atoms with van der Waals surface area (Å²) in [5, 5.41) is 3.80. The number of hydrogen-bond acceptors (Lipinski definition) is 4. The number of carbonyl (C=O) groups excluding carboxylic acids is 1. The number of aromatic amines is 1. The molecule has 3 heterocycles. The Labute approximate surface area is 184 Å². The number of fused-ring (bicyclic) bond motifs is 1. The molecule has 0 atom stereocenters. The van der Waals surface area contributed by atoms with Gasteiger partial charge in [-0.3, -0.25) is 9.78 Å². The van der Waals surface area contributed by atoms with E-state index in [1.165, 1.54) is 5.56 Å². The average molecular weight is 420 g/mol. The molecule has 1 amide bonds. The number of rotatable bonds is 5. The van der Waals surface area contributed by atoms with Gasteiger partial charge in [0.25, 0.3) is 5.91 Å². The van der Waals surface area contributed by atoms with Gasteiger partial charge >= 0.3 is 0 Å². The minimum absolute atomic E-state index is 0.268. The molecular formula is C26H20N4O2. The van der Waals surface area contributed by atoms with Crippen LogP contribution in [0.2, 0.25) is 0 Å². The molecule has 0 spiro atoms. The van der Waals surface area contributed by atoms with Crippen molar-refractivity contribution in [1.29, 1.82) is 0 Å². The second kappa shape index (κ2) is 8.35. The van der Waals surface area contributed by atoms with Crippen LogP contribution >= 0.6 is 0 Å². The number of aromatic nitrogens is 3. The lowest BCUT2D eigenvalue weighted by atomic mass is 10.0. The van der Waals surface area contributed by atoms with Gasteiger partial charge in [-0.25, -0.2) is 4.98 Å². The number of benzene rings is 2. The van der Waals surface area contributed by atoms with E-state index < -0.39 is 0 Å². The fourth-order valence-electron chi connectivity index (χ4n) is 3.43. The van der Waals surface area contributed by atoms with Gasteiger partial charge in [0.1, 0.15) is 22.8 Å². The molecule has 0 saturated heterocycles. The SMILES string of the molecule is Cc1ccc(-c2ccnc(C(=O)Nc3ccc(Oc4ccnc5[nH]ccc45)cc3)c2)cc1. The van der Waals surface area contributed by atoms with Gasteiger partial charge in [0.15, 0.2) is 0 Å². The van der Waals surface area contributed by atoms with Crippen LogP contribution in [0.4, 0.5) is 5.69 Å². The number of amides is 1. The standard InChI is InChI=1S/C26H20N4O2/c1-17-2-4-18(5-3-17)19-10-13-27-23(16-19)26(31)30-20-6-8-21(9-7-20)32-24-12-15-29-25-22(24)11-14-28-25/h2-16H,1H3,(H,28,29)(H,30,31). The van der Waals surface area contributed by atoms with Gasteiger partial charge in [0, 0.05) is 24.3 Å². The van der Waals surface area contributed by atoms with Crippen molar-refractivity contribution in [2.75, 3.05) is 5.32 Å². The van der Waals surface area contributed by atoms with Crippen molar-refractivity contribution >= 4 is 22.6 Å². The van der Waals surface area contributed by atoms with Gasteiger partial charge in [-0.2, -0.15) is 0 Å². The van der Waals surface area contributed by atoms with Crippen LogP contribution in [0, 0.1) is 6.92 Å². The fourth-order valence-corrected chi connectivity index (χ4v) is 3.43. The largest absolute Gasteiger partial charge is 0.457 e. The number of nitrogens with one attached hydrogen (secondary N) is 2. The number of hydrogen-bond donors (Lipinski definition) is 2. The summed E-state index contributed by atoms with van der Waals surface area (Å²) in [5.41, 5.74) is 4.96. The summed E-state index contributed by atoms with van der Waals surface area (Å²) in [7, 11) is 0. The number of aryl methyl sites for hydroxylation is 1. The predicted octanol–water partition coefficient (Wildman–Crippen LogP) is 5.98. The summed E-state index contributed by atoms with van der Waals surface area (Å²) in [6.07, 6.45) is 5.17. The van der Waals surface area contributed by atoms with E-state index >= 15 is 0 Å². The highest BCUT2D eigenvalue weighted by Crippen LogP contribution is 2.29. The molecule has 0 bridgehead atoms. The van der Waals surface area contributed by atoms with E-state index in [1.54, 1.807) is 30.6 Å². The molecule has 0 unspecified atom stereocenters. The van der Waals surface area contributed by atoms with Crippen LogP contribution < -0.4 is 10.1 Å². The maximum atomic E-state index is 12.7. The Balaban J connectivity index is 1.29. The van der Waals surface area contributed by atoms with Crippen LogP contribution in [0.15, 0.2) is 91.4 Å². The normalized spacial score (nSPS) is 10.8. The lowest BCUT2D eigenvalue weighted by molar-refractivity contribution is 0.102. The third-order valence-electron chi connectivity index (χ3n) is 5.14. The number of anilines is 1. The lowest BCUT2D eigenvalue weighted by Gasteiger charge is -2.09. The van der Waals surface area contributed by atoms with Crippen LogP contribution in [0.25, 0.3) is 22.2 Å². The molecule has 6 nitrogen and oxygen atoms in total. The van der Waals surface area contributed by atoms with E-state index in [-0.39, 0.29) is 5.91 Å². The van der Waals surface area contributed by atoms with E-state index in [0.717, 1.165) is 22.2 Å². The molecule has 5 aromatic rings. The number of carbonyl (C=O) groups is 1. The van der Waals surface area contributed by atoms with Gasteiger partial charge < -0.3 is 15.0 Å². The highest BCUT2D eigenvalue weighted by molar-refractivity contribution is 6.03. The highest BCUT2D eigenvalue weighted by atomic mass is 16.5. The lowest BCUT2D eigenvalue weighted by Crippen LogP contribution is -2.13. The topological polar surface area (TPSA) is 79.9 Å². The average Bonchev–Trinajstić information content (AvgIpc) is 3.31. The molecule has 156 valence electrons. The van der Waals surface area contributed by atoms with Crippen molar-refractivity contribution in [3.63, 3.8) is 0 Å². The Kier molecular flexibility index (Phi) is 5.09. The zero-order valence-electron chi connectivity index (χ0n) is 17.4. The van der Waals surface area contributed by atoms with Crippen LogP contribution in [0.1, 0.15) is 16.1 Å². The van der Waals surface area contributed by atoms with Crippen LogP contribution in [-0.4, -0.2) is 20.9 Å². The fraction of sp³-hybridized carbons (Fsp3) is 0.0385. The molecule has 0 aliphatic heterocycles. The first-order valence-corrected chi connectivity index (χ1v) is 10.2. The first-order valence-electron chi connectivity index (χ1n) is 10.2. The molecule has 0 fully saturated rings. The van der Waals surface area contributed by atoms with Crippen LogP contribution in [0.3, 0.4) is 0 Å². The van der Waals surface area contributed by atoms with Gasteiger partial charge in [0.05, 0.1) is 5.39 Å². The summed E-state index contributed by atoms with van der Waals surface area (Å²) in [6, 6.07) is 22.8. The molecule has 5 rings (SSSR count). The summed E-state index contributed by atoms with van der Waals surface area (Å²) in [5.74, 6) is 1.11. The maximum Gasteiger partial charge on any atom is 0.274 e. The van der Waals surface area contributed by atoms with Crippen molar-refractivity contribution in [2.45, 2.75) is 6.92 Å². The second-order valence-corrected chi connectivity index (χ2v) is 7.43. The molecule has 32 heavy (non-hydrogen) atoms. The van der Waals surface area contributed by atoms with Gasteiger partial charge in [-0.15, -0.1) is 0 Å². The zero-order chi connectivity index (χ0) is 21.9. The van der Waals surface area contributed by atoms with Crippen molar-refractivity contribution in [3.8, 4) is 22.6 Å². The van der Waals surface area contributed by atoms with E-state index in [1.807, 2.05) is 67.7 Å². The number of H-pyrrole nitrogens is 1. The quantitative estimate of drug-likeness (QED) is 0.367. The third kappa shape index (κ3) is 4.06. The molecule has 0 aliphatic carbocycles. The Morgan fingerprint density at radius 2 is 1.66 bits per heavy atom. The summed E-state index contributed by atoms with van der Waals surface area (Å²) in [4.78, 5) is 24.3. The zero-order valence-corrected chi connectivity index (χ0v) is 17.4. The minimum atomic E-state index is -0.268. The van der Waals surface area contributed by atoms with E-state index in [4.69, 9.17) is 4.74 Å². The Hall–Kier alpha value is -4.45. The van der Waals surface area contributed by atoms with Crippen molar-refractivity contribution in [1.82, 2.24) is 15.0 Å². The summed E-state index contributed by atoms with van der Waals surface area (Å²) < 4.78 is 5.98. The van der Waals surface area contributed by atoms with E-state index in [9.17, 15) is 4.79 Å². The van der Waals surface area contributed by atoms with Gasteiger partial charge in [-0.05, 0) is 66.6 Å². The maximum absolute atomic E-state index is 12.7. The summed E-state index contributed by atoms with van der Waals surface area (Å²) in [6.45, 7) is 2.05. The number of nitrogens with zero attached hydrogens (tertiary/aromatic N) is 2. The first kappa shape index (κ1) is 19.5. The monoisotopic (exact) mass is 420 g/mol. The molecule has 0 radical (unpaired) electrons.